The second kappa shape index (κ2) is 5.56. The van der Waals surface area contributed by atoms with Crippen molar-refractivity contribution in [2.45, 2.75) is 18.8 Å². The Morgan fingerprint density at radius 1 is 1.29 bits per heavy atom. The summed E-state index contributed by atoms with van der Waals surface area (Å²) in [5.41, 5.74) is 7.40. The van der Waals surface area contributed by atoms with Gasteiger partial charge in [0, 0.05) is 17.7 Å². The molecule has 1 heterocycles. The van der Waals surface area contributed by atoms with Crippen LogP contribution in [0.3, 0.4) is 0 Å². The first kappa shape index (κ1) is 13.6. The van der Waals surface area contributed by atoms with Gasteiger partial charge in [0.05, 0.1) is 6.61 Å². The van der Waals surface area contributed by atoms with E-state index >= 15 is 0 Å². The summed E-state index contributed by atoms with van der Waals surface area (Å²) in [7, 11) is 0. The van der Waals surface area contributed by atoms with Crippen molar-refractivity contribution < 1.29 is 13.9 Å². The number of rotatable bonds is 3. The lowest BCUT2D eigenvalue weighted by Crippen LogP contribution is -2.17. The predicted octanol–water partition coefficient (Wildman–Crippen LogP) is 3.55. The van der Waals surface area contributed by atoms with E-state index in [1.54, 1.807) is 0 Å². The zero-order valence-electron chi connectivity index (χ0n) is 11.5. The van der Waals surface area contributed by atoms with Crippen molar-refractivity contribution >= 4 is 11.5 Å². The highest BCUT2D eigenvalue weighted by atomic mass is 19.1. The van der Waals surface area contributed by atoms with Gasteiger partial charge in [0.15, 0.2) is 5.78 Å². The molecule has 0 radical (unpaired) electrons. The number of Topliss-reactive ketones (excluding diaryl/α,β-unsaturated/α-hetero) is 1. The minimum absolute atomic E-state index is 0.0881. The molecule has 3 nitrogen and oxygen atoms in total. The molecule has 0 saturated carbocycles. The van der Waals surface area contributed by atoms with Crippen LogP contribution in [0.1, 0.15) is 34.7 Å². The van der Waals surface area contributed by atoms with Gasteiger partial charge in [-0.3, -0.25) is 4.79 Å². The molecule has 0 amide bonds. The van der Waals surface area contributed by atoms with Crippen LogP contribution in [0.25, 0.3) is 0 Å². The molecule has 0 aliphatic carbocycles. The number of hydrogen-bond acceptors (Lipinski definition) is 3. The van der Waals surface area contributed by atoms with Crippen molar-refractivity contribution in [2.75, 3.05) is 12.3 Å². The number of para-hydroxylation sites is 1. The third kappa shape index (κ3) is 2.75. The lowest BCUT2D eigenvalue weighted by molar-refractivity contribution is 0.0966. The molecule has 2 aromatic rings. The third-order valence-electron chi connectivity index (χ3n) is 3.83. The highest BCUT2D eigenvalue weighted by Gasteiger charge is 2.24. The molecule has 0 fully saturated rings. The Morgan fingerprint density at radius 2 is 2.10 bits per heavy atom. The fourth-order valence-corrected chi connectivity index (χ4v) is 2.73. The molecule has 1 aliphatic rings. The Hall–Kier alpha value is -2.36. The zero-order valence-corrected chi connectivity index (χ0v) is 11.5. The lowest BCUT2D eigenvalue weighted by atomic mass is 9.87. The van der Waals surface area contributed by atoms with Crippen molar-refractivity contribution in [2.24, 2.45) is 0 Å². The van der Waals surface area contributed by atoms with Gasteiger partial charge in [-0.1, -0.05) is 18.2 Å². The Balaban J connectivity index is 1.84. The third-order valence-corrected chi connectivity index (χ3v) is 3.83. The monoisotopic (exact) mass is 285 g/mol. The Morgan fingerprint density at radius 3 is 2.95 bits per heavy atom. The molecule has 1 atom stereocenters. The number of nitrogen functional groups attached to an aromatic ring is 1. The van der Waals surface area contributed by atoms with Crippen molar-refractivity contribution in [3.8, 4) is 5.75 Å². The number of carbonyl (C=O) groups is 1. The molecular formula is C17H16FNO2. The van der Waals surface area contributed by atoms with Crippen molar-refractivity contribution in [3.05, 3.63) is 59.4 Å². The minimum atomic E-state index is -0.445. The lowest BCUT2D eigenvalue weighted by Gasteiger charge is -2.25. The van der Waals surface area contributed by atoms with E-state index < -0.39 is 5.82 Å². The van der Waals surface area contributed by atoms with E-state index in [0.29, 0.717) is 18.7 Å². The number of ether oxygens (including phenoxy) is 1. The standard InChI is InChI=1S/C17H16FNO2/c18-12-5-6-15(19)14(10-12)16(20)9-11-7-8-21-17-4-2-1-3-13(11)17/h1-6,10-11H,7-9,19H2. The van der Waals surface area contributed by atoms with Gasteiger partial charge in [-0.2, -0.15) is 0 Å². The Kier molecular flexibility index (Phi) is 3.60. The van der Waals surface area contributed by atoms with Crippen LogP contribution in [0.5, 0.6) is 5.75 Å². The van der Waals surface area contributed by atoms with Gasteiger partial charge >= 0.3 is 0 Å². The highest BCUT2D eigenvalue weighted by molar-refractivity contribution is 6.01. The molecule has 21 heavy (non-hydrogen) atoms. The number of fused-ring (bicyclic) bond motifs is 1. The molecular weight excluding hydrogens is 269 g/mol. The maximum Gasteiger partial charge on any atom is 0.165 e. The molecule has 108 valence electrons. The number of benzene rings is 2. The van der Waals surface area contributed by atoms with Crippen LogP contribution in [-0.2, 0) is 0 Å². The summed E-state index contributed by atoms with van der Waals surface area (Å²) in [4.78, 5) is 12.4. The fourth-order valence-electron chi connectivity index (χ4n) is 2.73. The van der Waals surface area contributed by atoms with Crippen LogP contribution in [-0.4, -0.2) is 12.4 Å². The molecule has 0 saturated heterocycles. The molecule has 1 aliphatic heterocycles. The van der Waals surface area contributed by atoms with Crippen LogP contribution in [0.15, 0.2) is 42.5 Å². The number of nitrogens with two attached hydrogens (primary N) is 1. The van der Waals surface area contributed by atoms with Gasteiger partial charge < -0.3 is 10.5 Å². The summed E-state index contributed by atoms with van der Waals surface area (Å²) in [6.45, 7) is 0.591. The van der Waals surface area contributed by atoms with Crippen molar-refractivity contribution in [3.63, 3.8) is 0 Å². The Labute approximate surface area is 122 Å². The molecule has 2 N–H and O–H groups in total. The van der Waals surface area contributed by atoms with E-state index in [0.717, 1.165) is 17.7 Å². The van der Waals surface area contributed by atoms with E-state index in [9.17, 15) is 9.18 Å². The Bertz CT molecular complexity index is 684. The maximum absolute atomic E-state index is 13.3. The summed E-state index contributed by atoms with van der Waals surface area (Å²) in [5.74, 6) is 0.340. The van der Waals surface area contributed by atoms with E-state index in [4.69, 9.17) is 10.5 Å². The van der Waals surface area contributed by atoms with Crippen LogP contribution < -0.4 is 10.5 Å². The first-order chi connectivity index (χ1) is 10.1. The normalized spacial score (nSPS) is 16.9. The number of carbonyl (C=O) groups excluding carboxylic acids is 1. The van der Waals surface area contributed by atoms with E-state index in [1.165, 1.54) is 18.2 Å². The largest absolute Gasteiger partial charge is 0.493 e. The number of ketones is 1. The minimum Gasteiger partial charge on any atom is -0.493 e. The van der Waals surface area contributed by atoms with Crippen LogP contribution >= 0.6 is 0 Å². The number of halogens is 1. The molecule has 3 rings (SSSR count). The first-order valence-electron chi connectivity index (χ1n) is 6.95. The van der Waals surface area contributed by atoms with Crippen LogP contribution in [0.2, 0.25) is 0 Å². The second-order valence-corrected chi connectivity index (χ2v) is 5.23. The summed E-state index contributed by atoms with van der Waals surface area (Å²) in [6, 6.07) is 11.6. The van der Waals surface area contributed by atoms with E-state index in [1.807, 2.05) is 24.3 Å². The smallest absolute Gasteiger partial charge is 0.165 e. The second-order valence-electron chi connectivity index (χ2n) is 5.23. The van der Waals surface area contributed by atoms with Gasteiger partial charge in [0.25, 0.3) is 0 Å². The molecule has 0 bridgehead atoms. The molecule has 0 spiro atoms. The average Bonchev–Trinajstić information content (AvgIpc) is 2.50. The van der Waals surface area contributed by atoms with Gasteiger partial charge in [-0.05, 0) is 42.2 Å². The van der Waals surface area contributed by atoms with Crippen molar-refractivity contribution in [1.29, 1.82) is 0 Å². The van der Waals surface area contributed by atoms with Crippen molar-refractivity contribution in [1.82, 2.24) is 0 Å². The van der Waals surface area contributed by atoms with Crippen LogP contribution in [0, 0.1) is 5.82 Å². The maximum atomic E-state index is 13.3. The fraction of sp³-hybridized carbons (Fsp3) is 0.235. The van der Waals surface area contributed by atoms with Gasteiger partial charge in [-0.25, -0.2) is 4.39 Å². The van der Waals surface area contributed by atoms with Crippen LogP contribution in [0.4, 0.5) is 10.1 Å². The van der Waals surface area contributed by atoms with Gasteiger partial charge in [0.2, 0.25) is 0 Å². The number of hydrogen-bond donors (Lipinski definition) is 1. The molecule has 4 heteroatoms. The quantitative estimate of drug-likeness (QED) is 0.693. The zero-order chi connectivity index (χ0) is 14.8. The molecule has 0 aromatic heterocycles. The average molecular weight is 285 g/mol. The first-order valence-corrected chi connectivity index (χ1v) is 6.95. The summed E-state index contributed by atoms with van der Waals surface area (Å²) in [5, 5.41) is 0. The van der Waals surface area contributed by atoms with E-state index in [-0.39, 0.29) is 17.3 Å². The highest BCUT2D eigenvalue weighted by Crippen LogP contribution is 2.36. The van der Waals surface area contributed by atoms with Gasteiger partial charge in [-0.15, -0.1) is 0 Å². The SMILES string of the molecule is Nc1ccc(F)cc1C(=O)CC1CCOc2ccccc21. The topological polar surface area (TPSA) is 52.3 Å². The molecule has 1 unspecified atom stereocenters. The molecule has 2 aromatic carbocycles. The summed E-state index contributed by atoms with van der Waals surface area (Å²) in [6.07, 6.45) is 1.09. The van der Waals surface area contributed by atoms with E-state index in [2.05, 4.69) is 0 Å². The number of anilines is 1. The summed E-state index contributed by atoms with van der Waals surface area (Å²) < 4.78 is 18.9. The van der Waals surface area contributed by atoms with Gasteiger partial charge in [0.1, 0.15) is 11.6 Å². The summed E-state index contributed by atoms with van der Waals surface area (Å²) >= 11 is 0. The predicted molar refractivity (Wildman–Crippen MR) is 79.1 cm³/mol.